The van der Waals surface area contributed by atoms with Gasteiger partial charge < -0.3 is 14.6 Å². The fraction of sp³-hybridized carbons (Fsp3) is 0.385. The number of hydrogen-bond donors (Lipinski definition) is 1. The summed E-state index contributed by atoms with van der Waals surface area (Å²) in [7, 11) is 0. The van der Waals surface area contributed by atoms with Crippen molar-refractivity contribution in [1.29, 1.82) is 5.26 Å². The zero-order valence-corrected chi connectivity index (χ0v) is 18.7. The molecule has 0 unspecified atom stereocenters. The van der Waals surface area contributed by atoms with Gasteiger partial charge >= 0.3 is 6.18 Å². The standard InChI is InChI=1S/C26H25F3N4O/c27-26(28,29)18-33-24(2-1-11-31-23-7-6-22(16-30)32-17-23)15-21-14-20(5-8-25(21)33)4-3-19-9-12-34-13-10-19/h5-8,14-15,17,19,31H,3-4,9-13,18H2. The molecule has 1 aliphatic rings. The maximum Gasteiger partial charge on any atom is 0.406 e. The number of ether oxygens (including phenoxy) is 1. The average molecular weight is 467 g/mol. The first-order valence-corrected chi connectivity index (χ1v) is 11.3. The van der Waals surface area contributed by atoms with Gasteiger partial charge in [-0.15, -0.1) is 0 Å². The predicted molar refractivity (Wildman–Crippen MR) is 124 cm³/mol. The number of hydrogen-bond acceptors (Lipinski definition) is 4. The SMILES string of the molecule is N#Cc1ccc(NCC#Cc2cc3cc(CCC4CCOCC4)ccc3n2CC(F)(F)F)cn1. The number of aryl methyl sites for hydroxylation is 1. The Kier molecular flexibility index (Phi) is 7.40. The molecule has 1 aromatic carbocycles. The van der Waals surface area contributed by atoms with Gasteiger partial charge in [-0.25, -0.2) is 4.98 Å². The minimum Gasteiger partial charge on any atom is -0.381 e. The number of anilines is 1. The Bertz CT molecular complexity index is 1220. The third-order valence-electron chi connectivity index (χ3n) is 5.96. The van der Waals surface area contributed by atoms with Gasteiger partial charge in [-0.1, -0.05) is 12.0 Å². The number of nitrogens with one attached hydrogen (secondary N) is 1. The second kappa shape index (κ2) is 10.6. The fourth-order valence-electron chi connectivity index (χ4n) is 4.18. The highest BCUT2D eigenvalue weighted by molar-refractivity contribution is 5.83. The van der Waals surface area contributed by atoms with Gasteiger partial charge in [0.15, 0.2) is 0 Å². The van der Waals surface area contributed by atoms with Gasteiger partial charge in [0, 0.05) is 24.1 Å². The second-order valence-electron chi connectivity index (χ2n) is 8.42. The molecule has 1 fully saturated rings. The number of aromatic nitrogens is 2. The van der Waals surface area contributed by atoms with E-state index in [1.165, 1.54) is 10.8 Å². The van der Waals surface area contributed by atoms with E-state index in [1.807, 2.05) is 18.2 Å². The molecule has 1 N–H and O–H groups in total. The average Bonchev–Trinajstić information content (AvgIpc) is 3.16. The Hall–Kier alpha value is -3.49. The predicted octanol–water partition coefficient (Wildman–Crippen LogP) is 5.29. The van der Waals surface area contributed by atoms with E-state index in [4.69, 9.17) is 10.00 Å². The lowest BCUT2D eigenvalue weighted by atomic mass is 9.92. The third kappa shape index (κ3) is 6.30. The molecular formula is C26H25F3N4O. The van der Waals surface area contributed by atoms with Crippen LogP contribution in [0.15, 0.2) is 42.6 Å². The molecule has 0 radical (unpaired) electrons. The molecule has 0 spiro atoms. The number of fused-ring (bicyclic) bond motifs is 1. The van der Waals surface area contributed by atoms with Crippen molar-refractivity contribution in [1.82, 2.24) is 9.55 Å². The van der Waals surface area contributed by atoms with Gasteiger partial charge in [0.2, 0.25) is 0 Å². The normalized spacial score (nSPS) is 14.4. The molecule has 34 heavy (non-hydrogen) atoms. The zero-order valence-electron chi connectivity index (χ0n) is 18.7. The smallest absolute Gasteiger partial charge is 0.381 e. The van der Waals surface area contributed by atoms with Crippen molar-refractivity contribution in [2.24, 2.45) is 5.92 Å². The van der Waals surface area contributed by atoms with Gasteiger partial charge in [-0.05, 0) is 73.4 Å². The van der Waals surface area contributed by atoms with Crippen LogP contribution in [0.4, 0.5) is 18.9 Å². The number of benzene rings is 1. The molecule has 8 heteroatoms. The van der Waals surface area contributed by atoms with Crippen LogP contribution in [-0.2, 0) is 17.7 Å². The zero-order chi connectivity index (χ0) is 24.0. The number of pyridine rings is 1. The number of nitriles is 1. The number of nitrogens with zero attached hydrogens (tertiary/aromatic N) is 3. The maximum atomic E-state index is 13.3. The molecule has 1 saturated heterocycles. The highest BCUT2D eigenvalue weighted by Crippen LogP contribution is 2.27. The second-order valence-corrected chi connectivity index (χ2v) is 8.42. The lowest BCUT2D eigenvalue weighted by Gasteiger charge is -2.21. The molecule has 0 atom stereocenters. The van der Waals surface area contributed by atoms with Gasteiger partial charge in [0.1, 0.15) is 18.3 Å². The molecule has 1 aliphatic heterocycles. The van der Waals surface area contributed by atoms with Gasteiger partial charge in [0.25, 0.3) is 0 Å². The topological polar surface area (TPSA) is 62.9 Å². The van der Waals surface area contributed by atoms with Gasteiger partial charge in [0.05, 0.1) is 24.1 Å². The Balaban J connectivity index is 1.50. The molecule has 0 aliphatic carbocycles. The number of alkyl halides is 3. The summed E-state index contributed by atoms with van der Waals surface area (Å²) in [4.78, 5) is 3.96. The van der Waals surface area contributed by atoms with Crippen molar-refractivity contribution < 1.29 is 17.9 Å². The summed E-state index contributed by atoms with van der Waals surface area (Å²) in [5.74, 6) is 6.42. The van der Waals surface area contributed by atoms with E-state index >= 15 is 0 Å². The molecule has 2 aromatic heterocycles. The minimum atomic E-state index is -4.35. The van der Waals surface area contributed by atoms with Crippen LogP contribution in [0.3, 0.4) is 0 Å². The summed E-state index contributed by atoms with van der Waals surface area (Å²) in [6, 6.07) is 12.6. The van der Waals surface area contributed by atoms with Crippen molar-refractivity contribution in [2.75, 3.05) is 25.1 Å². The van der Waals surface area contributed by atoms with Crippen molar-refractivity contribution >= 4 is 16.6 Å². The summed E-state index contributed by atoms with van der Waals surface area (Å²) in [5, 5.41) is 12.6. The molecule has 0 amide bonds. The highest BCUT2D eigenvalue weighted by atomic mass is 19.4. The number of rotatable bonds is 6. The molecule has 0 bridgehead atoms. The van der Waals surface area contributed by atoms with Crippen LogP contribution in [0, 0.1) is 29.1 Å². The summed E-state index contributed by atoms with van der Waals surface area (Å²) in [6.07, 6.45) is 1.25. The van der Waals surface area contributed by atoms with Crippen LogP contribution in [0.2, 0.25) is 0 Å². The first-order chi connectivity index (χ1) is 16.4. The van der Waals surface area contributed by atoms with Crippen LogP contribution < -0.4 is 5.32 Å². The van der Waals surface area contributed by atoms with Crippen molar-refractivity contribution in [3.63, 3.8) is 0 Å². The molecule has 0 saturated carbocycles. The van der Waals surface area contributed by atoms with Crippen LogP contribution in [-0.4, -0.2) is 35.5 Å². The Morgan fingerprint density at radius 1 is 1.15 bits per heavy atom. The number of halogens is 3. The quantitative estimate of drug-likeness (QED) is 0.501. The third-order valence-corrected chi connectivity index (χ3v) is 5.96. The van der Waals surface area contributed by atoms with Crippen molar-refractivity contribution in [3.05, 3.63) is 59.5 Å². The molecule has 3 heterocycles. The summed E-state index contributed by atoms with van der Waals surface area (Å²) in [5.41, 5.74) is 2.96. The van der Waals surface area contributed by atoms with E-state index in [0.29, 0.717) is 28.5 Å². The van der Waals surface area contributed by atoms with Crippen molar-refractivity contribution in [2.45, 2.75) is 38.4 Å². The lowest BCUT2D eigenvalue weighted by Crippen LogP contribution is -2.18. The van der Waals surface area contributed by atoms with E-state index in [9.17, 15) is 13.2 Å². The fourth-order valence-corrected chi connectivity index (χ4v) is 4.18. The molecule has 5 nitrogen and oxygen atoms in total. The van der Waals surface area contributed by atoms with Crippen LogP contribution in [0.1, 0.15) is 36.2 Å². The molecular weight excluding hydrogens is 441 g/mol. The Labute approximate surface area is 196 Å². The van der Waals surface area contributed by atoms with E-state index in [1.54, 1.807) is 24.3 Å². The van der Waals surface area contributed by atoms with Crippen molar-refractivity contribution in [3.8, 4) is 17.9 Å². The minimum absolute atomic E-state index is 0.234. The van der Waals surface area contributed by atoms with E-state index in [2.05, 4.69) is 22.1 Å². The summed E-state index contributed by atoms with van der Waals surface area (Å²) < 4.78 is 46.5. The van der Waals surface area contributed by atoms with Crippen LogP contribution in [0.25, 0.3) is 10.9 Å². The summed E-state index contributed by atoms with van der Waals surface area (Å²) in [6.45, 7) is 0.761. The largest absolute Gasteiger partial charge is 0.406 e. The molecule has 3 aromatic rings. The maximum absolute atomic E-state index is 13.3. The Morgan fingerprint density at radius 2 is 1.97 bits per heavy atom. The molecule has 176 valence electrons. The highest BCUT2D eigenvalue weighted by Gasteiger charge is 2.29. The van der Waals surface area contributed by atoms with Gasteiger partial charge in [-0.2, -0.15) is 18.4 Å². The summed E-state index contributed by atoms with van der Waals surface area (Å²) >= 11 is 0. The first-order valence-electron chi connectivity index (χ1n) is 11.3. The van der Waals surface area contributed by atoms with E-state index in [0.717, 1.165) is 49.8 Å². The van der Waals surface area contributed by atoms with Gasteiger partial charge in [-0.3, -0.25) is 0 Å². The molecule has 4 rings (SSSR count). The van der Waals surface area contributed by atoms with Crippen LogP contribution in [0.5, 0.6) is 0 Å². The lowest BCUT2D eigenvalue weighted by molar-refractivity contribution is -0.140. The Morgan fingerprint density at radius 3 is 2.68 bits per heavy atom. The van der Waals surface area contributed by atoms with E-state index in [-0.39, 0.29) is 6.54 Å². The monoisotopic (exact) mass is 466 g/mol. The first kappa shape index (κ1) is 23.7. The van der Waals surface area contributed by atoms with Crippen LogP contribution >= 0.6 is 0 Å². The van der Waals surface area contributed by atoms with E-state index < -0.39 is 12.7 Å².